The lowest BCUT2D eigenvalue weighted by atomic mass is 10.1. The second kappa shape index (κ2) is 10.9. The smallest absolute Gasteiger partial charge is 0.244 e. The molecular weight excluding hydrogens is 318 g/mol. The highest BCUT2D eigenvalue weighted by Crippen LogP contribution is 2.22. The molecule has 0 radical (unpaired) electrons. The highest BCUT2D eigenvalue weighted by Gasteiger charge is 2.21. The quantitative estimate of drug-likeness (QED) is 0.754. The first kappa shape index (κ1) is 21.2. The third kappa shape index (κ3) is 6.46. The van der Waals surface area contributed by atoms with Crippen LogP contribution in [0.1, 0.15) is 20.3 Å². The predicted octanol–water partition coefficient (Wildman–Crippen LogP) is 1.89. The van der Waals surface area contributed by atoms with Crippen LogP contribution in [0.3, 0.4) is 0 Å². The summed E-state index contributed by atoms with van der Waals surface area (Å²) in [5.41, 5.74) is 6.12. The third-order valence-electron chi connectivity index (χ3n) is 3.30. The molecule has 0 fully saturated rings. The van der Waals surface area contributed by atoms with Gasteiger partial charge >= 0.3 is 0 Å². The fourth-order valence-corrected chi connectivity index (χ4v) is 2.06. The molecule has 1 aromatic rings. The van der Waals surface area contributed by atoms with Crippen molar-refractivity contribution in [2.45, 2.75) is 20.3 Å². The van der Waals surface area contributed by atoms with Gasteiger partial charge in [0.25, 0.3) is 0 Å². The van der Waals surface area contributed by atoms with Crippen LogP contribution >= 0.6 is 12.4 Å². The number of hydrogen-bond donors (Lipinski definition) is 2. The number of hydrogen-bond acceptors (Lipinski definition) is 4. The molecule has 3 N–H and O–H groups in total. The van der Waals surface area contributed by atoms with Gasteiger partial charge in [-0.25, -0.2) is 0 Å². The van der Waals surface area contributed by atoms with E-state index in [0.717, 1.165) is 6.42 Å². The number of nitrogens with zero attached hydrogens (tertiary/aromatic N) is 1. The lowest BCUT2D eigenvalue weighted by Crippen LogP contribution is -2.42. The van der Waals surface area contributed by atoms with E-state index in [1.807, 2.05) is 19.1 Å². The molecule has 6 nitrogen and oxygen atoms in total. The van der Waals surface area contributed by atoms with Crippen LogP contribution in [0.15, 0.2) is 24.3 Å². The number of anilines is 1. The first-order chi connectivity index (χ1) is 10.5. The molecule has 1 atom stereocenters. The Morgan fingerprint density at radius 3 is 2.57 bits per heavy atom. The molecule has 0 aromatic heterocycles. The van der Waals surface area contributed by atoms with Crippen LogP contribution in [0.25, 0.3) is 0 Å². The maximum absolute atomic E-state index is 12.2. The van der Waals surface area contributed by atoms with Gasteiger partial charge in [-0.3, -0.25) is 9.59 Å². The average molecular weight is 344 g/mol. The molecule has 2 amide bonds. The molecule has 0 spiro atoms. The van der Waals surface area contributed by atoms with Crippen LogP contribution in [0, 0.1) is 5.92 Å². The Bertz CT molecular complexity index is 511. The van der Waals surface area contributed by atoms with E-state index >= 15 is 0 Å². The predicted molar refractivity (Wildman–Crippen MR) is 94.0 cm³/mol. The van der Waals surface area contributed by atoms with Crippen molar-refractivity contribution in [2.75, 3.05) is 32.1 Å². The molecule has 0 heterocycles. The Labute approximate surface area is 143 Å². The van der Waals surface area contributed by atoms with Crippen LogP contribution in [-0.4, -0.2) is 43.5 Å². The third-order valence-corrected chi connectivity index (χ3v) is 3.30. The summed E-state index contributed by atoms with van der Waals surface area (Å²) in [6.07, 6.45) is 0.783. The van der Waals surface area contributed by atoms with Crippen LogP contribution in [0.4, 0.5) is 5.69 Å². The molecule has 1 unspecified atom stereocenters. The van der Waals surface area contributed by atoms with Crippen LogP contribution in [-0.2, 0) is 9.59 Å². The lowest BCUT2D eigenvalue weighted by Gasteiger charge is -2.24. The van der Waals surface area contributed by atoms with Gasteiger partial charge in [0.15, 0.2) is 0 Å². The molecule has 23 heavy (non-hydrogen) atoms. The van der Waals surface area contributed by atoms with Gasteiger partial charge in [-0.05, 0) is 18.6 Å². The van der Waals surface area contributed by atoms with E-state index in [9.17, 15) is 9.59 Å². The summed E-state index contributed by atoms with van der Waals surface area (Å²) in [7, 11) is 1.54. The summed E-state index contributed by atoms with van der Waals surface area (Å²) in [5.74, 6) is -0.0554. The number of halogens is 1. The molecular formula is C16H26ClN3O3. The summed E-state index contributed by atoms with van der Waals surface area (Å²) in [6, 6.07) is 7.15. The molecule has 1 rings (SSSR count). The van der Waals surface area contributed by atoms with Crippen molar-refractivity contribution < 1.29 is 14.3 Å². The van der Waals surface area contributed by atoms with E-state index in [1.54, 1.807) is 31.1 Å². The van der Waals surface area contributed by atoms with Gasteiger partial charge in [0.1, 0.15) is 5.75 Å². The number of nitrogens with two attached hydrogens (primary N) is 1. The maximum atomic E-state index is 12.2. The van der Waals surface area contributed by atoms with Crippen molar-refractivity contribution in [1.82, 2.24) is 4.90 Å². The van der Waals surface area contributed by atoms with E-state index in [4.69, 9.17) is 10.5 Å². The van der Waals surface area contributed by atoms with Crippen LogP contribution in [0.2, 0.25) is 0 Å². The Hall–Kier alpha value is -1.79. The molecule has 0 aliphatic heterocycles. The Kier molecular flexibility index (Phi) is 10.0. The number of carbonyl (C=O) groups is 2. The van der Waals surface area contributed by atoms with Gasteiger partial charge in [0.05, 0.1) is 19.3 Å². The highest BCUT2D eigenvalue weighted by molar-refractivity contribution is 5.95. The molecule has 0 bridgehead atoms. The zero-order valence-corrected chi connectivity index (χ0v) is 14.7. The van der Waals surface area contributed by atoms with Gasteiger partial charge in [0.2, 0.25) is 11.8 Å². The molecule has 130 valence electrons. The molecule has 7 heteroatoms. The maximum Gasteiger partial charge on any atom is 0.244 e. The normalized spacial score (nSPS) is 11.1. The second-order valence-corrected chi connectivity index (χ2v) is 5.15. The fourth-order valence-electron chi connectivity index (χ4n) is 2.06. The van der Waals surface area contributed by atoms with E-state index in [-0.39, 0.29) is 43.2 Å². The van der Waals surface area contributed by atoms with Gasteiger partial charge < -0.3 is 20.7 Å². The van der Waals surface area contributed by atoms with E-state index in [2.05, 4.69) is 5.32 Å². The van der Waals surface area contributed by atoms with Crippen molar-refractivity contribution in [2.24, 2.45) is 11.7 Å². The summed E-state index contributed by atoms with van der Waals surface area (Å²) in [6.45, 7) is 4.54. The van der Waals surface area contributed by atoms with Crippen molar-refractivity contribution in [3.05, 3.63) is 24.3 Å². The van der Waals surface area contributed by atoms with Crippen molar-refractivity contribution in [3.63, 3.8) is 0 Å². The SMILES string of the molecule is CCCN(CC(=O)Nc1ccccc1OC)C(=O)C(C)CN.Cl. The minimum atomic E-state index is -0.286. The molecule has 0 aliphatic rings. The van der Waals surface area contributed by atoms with E-state index < -0.39 is 0 Å². The van der Waals surface area contributed by atoms with Crippen LogP contribution < -0.4 is 15.8 Å². The number of benzene rings is 1. The number of amides is 2. The monoisotopic (exact) mass is 343 g/mol. The second-order valence-electron chi connectivity index (χ2n) is 5.15. The summed E-state index contributed by atoms with van der Waals surface area (Å²) < 4.78 is 5.19. The molecule has 0 aliphatic carbocycles. The fraction of sp³-hybridized carbons (Fsp3) is 0.500. The standard InChI is InChI=1S/C16H25N3O3.ClH/c1-4-9-19(16(21)12(2)10-17)11-15(20)18-13-7-5-6-8-14(13)22-3;/h5-8,12H,4,9-11,17H2,1-3H3,(H,18,20);1H. The minimum absolute atomic E-state index is 0. The average Bonchev–Trinajstić information content (AvgIpc) is 2.53. The Morgan fingerprint density at radius 1 is 1.35 bits per heavy atom. The summed E-state index contributed by atoms with van der Waals surface area (Å²) in [4.78, 5) is 25.9. The van der Waals surface area contributed by atoms with Gasteiger partial charge in [0, 0.05) is 19.0 Å². The van der Waals surface area contributed by atoms with Gasteiger partial charge in [-0.15, -0.1) is 12.4 Å². The number of nitrogens with one attached hydrogen (secondary N) is 1. The van der Waals surface area contributed by atoms with Crippen LogP contribution in [0.5, 0.6) is 5.75 Å². The highest BCUT2D eigenvalue weighted by atomic mass is 35.5. The Morgan fingerprint density at radius 2 is 2.00 bits per heavy atom. The number of rotatable bonds is 8. The first-order valence-corrected chi connectivity index (χ1v) is 7.45. The van der Waals surface area contributed by atoms with Gasteiger partial charge in [-0.1, -0.05) is 26.0 Å². The zero-order valence-electron chi connectivity index (χ0n) is 13.9. The number of ether oxygens (including phenoxy) is 1. The number of para-hydroxylation sites is 2. The topological polar surface area (TPSA) is 84.7 Å². The largest absolute Gasteiger partial charge is 0.495 e. The van der Waals surface area contributed by atoms with Crippen molar-refractivity contribution in [3.8, 4) is 5.75 Å². The number of carbonyl (C=O) groups excluding carboxylic acids is 2. The van der Waals surface area contributed by atoms with E-state index in [1.165, 1.54) is 0 Å². The lowest BCUT2D eigenvalue weighted by molar-refractivity contribution is -0.137. The number of methoxy groups -OCH3 is 1. The van der Waals surface area contributed by atoms with E-state index in [0.29, 0.717) is 18.0 Å². The summed E-state index contributed by atoms with van der Waals surface area (Å²) >= 11 is 0. The van der Waals surface area contributed by atoms with Gasteiger partial charge in [-0.2, -0.15) is 0 Å². The van der Waals surface area contributed by atoms with Crippen molar-refractivity contribution >= 4 is 29.9 Å². The summed E-state index contributed by atoms with van der Waals surface area (Å²) in [5, 5.41) is 2.77. The minimum Gasteiger partial charge on any atom is -0.495 e. The zero-order chi connectivity index (χ0) is 16.5. The molecule has 1 aromatic carbocycles. The van der Waals surface area contributed by atoms with Crippen molar-refractivity contribution in [1.29, 1.82) is 0 Å². The molecule has 0 saturated carbocycles. The first-order valence-electron chi connectivity index (χ1n) is 7.45. The molecule has 0 saturated heterocycles. The Balaban J connectivity index is 0.00000484.